The Morgan fingerprint density at radius 2 is 1.59 bits per heavy atom. The summed E-state index contributed by atoms with van der Waals surface area (Å²) in [4.78, 5) is 24.8. The molecule has 2 rings (SSSR count). The third kappa shape index (κ3) is 2.62. The van der Waals surface area contributed by atoms with Gasteiger partial charge in [0, 0.05) is 37.3 Å². The second-order valence-electron chi connectivity index (χ2n) is 3.98. The van der Waals surface area contributed by atoms with Crippen molar-refractivity contribution in [3.63, 3.8) is 0 Å². The van der Waals surface area contributed by atoms with Gasteiger partial charge in [0.1, 0.15) is 0 Å². The number of carbonyl (C=O) groups is 2. The van der Waals surface area contributed by atoms with Crippen LogP contribution in [0.15, 0.2) is 24.3 Å². The van der Waals surface area contributed by atoms with E-state index in [4.69, 9.17) is 5.73 Å². The maximum absolute atomic E-state index is 12.1. The number of nitrogens with zero attached hydrogens (tertiary/aromatic N) is 1. The Hall–Kier alpha value is -1.88. The van der Waals surface area contributed by atoms with E-state index < -0.39 is 5.91 Å². The van der Waals surface area contributed by atoms with Crippen molar-refractivity contribution >= 4 is 11.8 Å². The minimum Gasteiger partial charge on any atom is -0.366 e. The van der Waals surface area contributed by atoms with Gasteiger partial charge in [-0.1, -0.05) is 0 Å². The van der Waals surface area contributed by atoms with Gasteiger partial charge in [0.25, 0.3) is 5.91 Å². The molecule has 1 fully saturated rings. The van der Waals surface area contributed by atoms with Gasteiger partial charge in [0.05, 0.1) is 0 Å². The predicted molar refractivity (Wildman–Crippen MR) is 63.7 cm³/mol. The van der Waals surface area contributed by atoms with Gasteiger partial charge in [-0.3, -0.25) is 9.59 Å². The fourth-order valence-electron chi connectivity index (χ4n) is 1.83. The maximum atomic E-state index is 12.1. The largest absolute Gasteiger partial charge is 0.366 e. The first-order valence-electron chi connectivity index (χ1n) is 5.58. The summed E-state index contributed by atoms with van der Waals surface area (Å²) >= 11 is 0. The second kappa shape index (κ2) is 4.97. The molecule has 1 aliphatic heterocycles. The molecule has 17 heavy (non-hydrogen) atoms. The number of benzene rings is 1. The number of rotatable bonds is 2. The Morgan fingerprint density at radius 1 is 1.06 bits per heavy atom. The molecule has 90 valence electrons. The van der Waals surface area contributed by atoms with E-state index in [9.17, 15) is 9.59 Å². The molecule has 1 aliphatic rings. The minimum absolute atomic E-state index is 0.00233. The summed E-state index contributed by atoms with van der Waals surface area (Å²) in [5, 5.41) is 3.19. The average molecular weight is 233 g/mol. The molecule has 1 heterocycles. The lowest BCUT2D eigenvalue weighted by Crippen LogP contribution is -2.46. The monoisotopic (exact) mass is 233 g/mol. The number of amides is 2. The summed E-state index contributed by atoms with van der Waals surface area (Å²) in [6.07, 6.45) is 0. The Labute approximate surface area is 99.6 Å². The maximum Gasteiger partial charge on any atom is 0.253 e. The van der Waals surface area contributed by atoms with E-state index in [-0.39, 0.29) is 5.91 Å². The molecule has 2 amide bonds. The van der Waals surface area contributed by atoms with Crippen LogP contribution in [0.4, 0.5) is 0 Å². The van der Waals surface area contributed by atoms with Crippen LogP contribution in [0, 0.1) is 0 Å². The number of hydrogen-bond acceptors (Lipinski definition) is 3. The van der Waals surface area contributed by atoms with Crippen molar-refractivity contribution in [1.29, 1.82) is 0 Å². The topological polar surface area (TPSA) is 75.4 Å². The summed E-state index contributed by atoms with van der Waals surface area (Å²) in [7, 11) is 0. The van der Waals surface area contributed by atoms with Crippen molar-refractivity contribution in [2.75, 3.05) is 26.2 Å². The van der Waals surface area contributed by atoms with E-state index >= 15 is 0 Å². The highest BCUT2D eigenvalue weighted by molar-refractivity contribution is 5.97. The first kappa shape index (κ1) is 11.6. The van der Waals surface area contributed by atoms with Gasteiger partial charge in [0.2, 0.25) is 5.91 Å². The van der Waals surface area contributed by atoms with E-state index in [0.717, 1.165) is 26.2 Å². The lowest BCUT2D eigenvalue weighted by Gasteiger charge is -2.27. The molecule has 5 heteroatoms. The molecule has 0 radical (unpaired) electrons. The zero-order chi connectivity index (χ0) is 12.3. The molecular formula is C12H15N3O2. The third-order valence-electron chi connectivity index (χ3n) is 2.82. The zero-order valence-corrected chi connectivity index (χ0v) is 9.48. The number of hydrogen-bond donors (Lipinski definition) is 2. The molecule has 0 aliphatic carbocycles. The lowest BCUT2D eigenvalue weighted by atomic mass is 10.1. The lowest BCUT2D eigenvalue weighted by molar-refractivity contribution is 0.0735. The van der Waals surface area contributed by atoms with E-state index in [1.165, 1.54) is 0 Å². The number of nitrogens with two attached hydrogens (primary N) is 1. The van der Waals surface area contributed by atoms with Gasteiger partial charge in [-0.2, -0.15) is 0 Å². The molecule has 0 bridgehead atoms. The average Bonchev–Trinajstić information content (AvgIpc) is 2.39. The standard InChI is InChI=1S/C12H15N3O2/c13-11(16)9-1-3-10(4-2-9)12(17)15-7-5-14-6-8-15/h1-4,14H,5-8H2,(H2,13,16). The Kier molecular flexibility index (Phi) is 3.39. The van der Waals surface area contributed by atoms with E-state index in [0.29, 0.717) is 11.1 Å². The van der Waals surface area contributed by atoms with Gasteiger partial charge >= 0.3 is 0 Å². The normalized spacial score (nSPS) is 15.6. The first-order valence-corrected chi connectivity index (χ1v) is 5.58. The SMILES string of the molecule is NC(=O)c1ccc(C(=O)N2CCNCC2)cc1. The van der Waals surface area contributed by atoms with Crippen LogP contribution in [0.3, 0.4) is 0 Å². The Bertz CT molecular complexity index is 422. The van der Waals surface area contributed by atoms with Gasteiger partial charge < -0.3 is 16.0 Å². The van der Waals surface area contributed by atoms with Crippen molar-refractivity contribution in [2.24, 2.45) is 5.73 Å². The minimum atomic E-state index is -0.480. The van der Waals surface area contributed by atoms with Crippen LogP contribution >= 0.6 is 0 Å². The van der Waals surface area contributed by atoms with E-state index in [1.54, 1.807) is 29.2 Å². The number of piperazine rings is 1. The van der Waals surface area contributed by atoms with Crippen molar-refractivity contribution in [3.05, 3.63) is 35.4 Å². The molecule has 1 saturated heterocycles. The van der Waals surface area contributed by atoms with Crippen molar-refractivity contribution in [3.8, 4) is 0 Å². The quantitative estimate of drug-likeness (QED) is 0.744. The highest BCUT2D eigenvalue weighted by Gasteiger charge is 2.17. The van der Waals surface area contributed by atoms with Gasteiger partial charge in [-0.25, -0.2) is 0 Å². The van der Waals surface area contributed by atoms with Crippen molar-refractivity contribution < 1.29 is 9.59 Å². The van der Waals surface area contributed by atoms with E-state index in [1.807, 2.05) is 0 Å². The Balaban J connectivity index is 2.10. The predicted octanol–water partition coefficient (Wildman–Crippen LogP) is -0.169. The molecule has 3 N–H and O–H groups in total. The van der Waals surface area contributed by atoms with Crippen LogP contribution in [0.2, 0.25) is 0 Å². The summed E-state index contributed by atoms with van der Waals surface area (Å²) in [5.74, 6) is -0.478. The highest BCUT2D eigenvalue weighted by atomic mass is 16.2. The number of carbonyl (C=O) groups excluding carboxylic acids is 2. The molecule has 0 saturated carbocycles. The van der Waals surface area contributed by atoms with Crippen molar-refractivity contribution in [1.82, 2.24) is 10.2 Å². The Morgan fingerprint density at radius 3 is 2.12 bits per heavy atom. The van der Waals surface area contributed by atoms with Crippen LogP contribution in [0.1, 0.15) is 20.7 Å². The summed E-state index contributed by atoms with van der Waals surface area (Å²) in [6.45, 7) is 3.09. The molecule has 1 aromatic carbocycles. The molecular weight excluding hydrogens is 218 g/mol. The van der Waals surface area contributed by atoms with Gasteiger partial charge in [-0.15, -0.1) is 0 Å². The van der Waals surface area contributed by atoms with Crippen molar-refractivity contribution in [2.45, 2.75) is 0 Å². The molecule has 0 atom stereocenters. The smallest absolute Gasteiger partial charge is 0.253 e. The molecule has 0 spiro atoms. The van der Waals surface area contributed by atoms with Crippen LogP contribution < -0.4 is 11.1 Å². The fraction of sp³-hybridized carbons (Fsp3) is 0.333. The summed E-state index contributed by atoms with van der Waals surface area (Å²) < 4.78 is 0. The molecule has 0 unspecified atom stereocenters. The summed E-state index contributed by atoms with van der Waals surface area (Å²) in [6, 6.07) is 6.45. The van der Waals surface area contributed by atoms with Crippen LogP contribution in [-0.2, 0) is 0 Å². The third-order valence-corrected chi connectivity index (χ3v) is 2.82. The zero-order valence-electron chi connectivity index (χ0n) is 9.48. The van der Waals surface area contributed by atoms with E-state index in [2.05, 4.69) is 5.32 Å². The van der Waals surface area contributed by atoms with Gasteiger partial charge in [-0.05, 0) is 24.3 Å². The fourth-order valence-corrected chi connectivity index (χ4v) is 1.83. The highest BCUT2D eigenvalue weighted by Crippen LogP contribution is 2.08. The number of primary amides is 1. The van der Waals surface area contributed by atoms with Crippen LogP contribution in [0.25, 0.3) is 0 Å². The first-order chi connectivity index (χ1) is 8.18. The van der Waals surface area contributed by atoms with Crippen LogP contribution in [0.5, 0.6) is 0 Å². The molecule has 1 aromatic rings. The van der Waals surface area contributed by atoms with Crippen LogP contribution in [-0.4, -0.2) is 42.9 Å². The summed E-state index contributed by atoms with van der Waals surface area (Å²) in [5.41, 5.74) is 6.15. The molecule has 0 aromatic heterocycles. The number of nitrogens with one attached hydrogen (secondary N) is 1. The second-order valence-corrected chi connectivity index (χ2v) is 3.98. The van der Waals surface area contributed by atoms with Gasteiger partial charge in [0.15, 0.2) is 0 Å². The molecule has 5 nitrogen and oxygen atoms in total.